The predicted octanol–water partition coefficient (Wildman–Crippen LogP) is 16.7. The van der Waals surface area contributed by atoms with Gasteiger partial charge in [0.05, 0.1) is 0 Å². The Labute approximate surface area is 586 Å². The summed E-state index contributed by atoms with van der Waals surface area (Å²) in [5.74, 6) is 2.71. The second-order valence-electron chi connectivity index (χ2n) is 22.1. The van der Waals surface area contributed by atoms with Gasteiger partial charge in [0.1, 0.15) is 0 Å². The smallest absolute Gasteiger partial charge is 1.00 e. The van der Waals surface area contributed by atoms with Crippen molar-refractivity contribution < 1.29 is 59.9 Å². The number of terminal acetylenes is 1. The van der Waals surface area contributed by atoms with Gasteiger partial charge < -0.3 is 24.0 Å². The minimum Gasteiger partial charge on any atom is -1.00 e. The van der Waals surface area contributed by atoms with Gasteiger partial charge in [0.15, 0.2) is 0 Å². The Morgan fingerprint density at radius 3 is 1.03 bits per heavy atom. The van der Waals surface area contributed by atoms with Gasteiger partial charge in [-0.15, -0.1) is 6.42 Å². The molecule has 0 spiro atoms. The summed E-state index contributed by atoms with van der Waals surface area (Å²) in [5, 5.41) is 10.2. The molecule has 2 aliphatic carbocycles. The third kappa shape index (κ3) is 14.9. The van der Waals surface area contributed by atoms with Crippen LogP contribution in [0.25, 0.3) is 39.5 Å². The van der Waals surface area contributed by atoms with E-state index in [1.807, 2.05) is 37.0 Å². The summed E-state index contributed by atoms with van der Waals surface area (Å²) in [6.45, 7) is 10.7. The molecule has 12 rings (SSSR count). The van der Waals surface area contributed by atoms with Crippen LogP contribution in [0, 0.1) is 45.9 Å². The summed E-state index contributed by atoms with van der Waals surface area (Å²) in [7, 11) is -4.80. The summed E-state index contributed by atoms with van der Waals surface area (Å²) >= 11 is 3.62. The van der Waals surface area contributed by atoms with E-state index in [2.05, 4.69) is 319 Å². The van der Waals surface area contributed by atoms with Crippen molar-refractivity contribution in [3.8, 4) is 43.3 Å². The molecule has 10 aromatic rings. The molecule has 10 aromatic carbocycles. The van der Waals surface area contributed by atoms with Crippen LogP contribution >= 0.6 is 14.5 Å². The molecule has 0 N–H and O–H groups in total. The standard InChI is InChI=1S/C44H37P.C42H31P.CH4.HI.2Os/c1-4-16-35-25-27-37(28-26-35)38-29-31-39(32-30-38)44(33-40-18-15-17-36(40)5-2)34(3)45(41-19-9-6-10-20-41,42-21-11-7-12-22-42)43-23-13-8-14-24-43;1-4-34-23-25-35(26-24-34)36-27-29-37(30-28-36)42(31-38-16-14-15-32(38)2)33(3)43(39-17-8-5-9-18-39,40-19-10-6-11-20-40)41-21-12-7-13-22-41;;;;/h4,6-14,16,19-32H,15,17-18H2,1-2H3;1-2,5-13,17-30H,14-16H2;1H4;1H;;/q2*-1;;;;/p-1/b16-4+,44-34?;;;;;. The van der Waals surface area contributed by atoms with E-state index in [1.165, 1.54) is 65.0 Å². The third-order valence-corrected chi connectivity index (χ3v) is 27.6. The van der Waals surface area contributed by atoms with Gasteiger partial charge >= 0.3 is 541 Å². The van der Waals surface area contributed by atoms with Crippen molar-refractivity contribution in [2.75, 3.05) is 0 Å². The summed E-state index contributed by atoms with van der Waals surface area (Å²) in [6.07, 6.45) is 27.3. The predicted molar refractivity (Wildman–Crippen MR) is 386 cm³/mol. The number of benzene rings is 10. The molecule has 0 unspecified atom stereocenters. The van der Waals surface area contributed by atoms with Crippen LogP contribution in [-0.4, -0.2) is 0 Å². The second kappa shape index (κ2) is 33.3. The van der Waals surface area contributed by atoms with Crippen LogP contribution < -0.4 is 55.8 Å². The number of halogens is 1. The summed E-state index contributed by atoms with van der Waals surface area (Å²) in [5.41, 5.74) is 15.8. The van der Waals surface area contributed by atoms with E-state index in [1.54, 1.807) is 17.9 Å². The van der Waals surface area contributed by atoms with Gasteiger partial charge in [0.2, 0.25) is 0 Å². The first-order valence-electron chi connectivity index (χ1n) is 30.6. The minimum absolute atomic E-state index is 0. The first kappa shape index (κ1) is 68.7. The average molecular weight is 1690 g/mol. The molecule has 0 atom stereocenters. The molecule has 0 saturated heterocycles. The van der Waals surface area contributed by atoms with Gasteiger partial charge in [-0.2, -0.15) is 0 Å². The zero-order valence-electron chi connectivity index (χ0n) is 51.1. The minimum atomic E-state index is -2.41. The quantitative estimate of drug-likeness (QED) is 0.0415. The zero-order chi connectivity index (χ0) is 62.1. The summed E-state index contributed by atoms with van der Waals surface area (Å²) in [6, 6.07) is 101. The van der Waals surface area contributed by atoms with Crippen molar-refractivity contribution in [1.82, 2.24) is 0 Å². The molecule has 0 bridgehead atoms. The molecule has 2 aliphatic rings. The SMILES string of the molecule is C.C#Cc1ccc(-c2ccc(C([C-]=C3CCCC3=[CH-])=C([C]#[Os])[P+](c3ccccc3)(c3ccccc3)c3ccccc3)cc2)cc1.C[C-]=C1CCCC1=[C-]C(=C([C]#[Os])[P+](c1ccccc1)(c1ccccc1)c1ccccc1)c1ccc(-c2ccc(/C=C/C)cc2)cc1.[I-]. The fourth-order valence-corrected chi connectivity index (χ4v) is 23.9. The monoisotopic (exact) mass is 1690 g/mol. The first-order chi connectivity index (χ1) is 44.3. The summed E-state index contributed by atoms with van der Waals surface area (Å²) in [4.78, 5) is 0. The van der Waals surface area contributed by atoms with E-state index in [9.17, 15) is 0 Å². The van der Waals surface area contributed by atoms with Crippen LogP contribution in [0.1, 0.15) is 82.1 Å². The molecule has 92 heavy (non-hydrogen) atoms. The molecule has 2 fully saturated rings. The van der Waals surface area contributed by atoms with Gasteiger partial charge in [-0.1, -0.05) is 13.5 Å². The molecular formula is C87H72IOs2P2-3. The van der Waals surface area contributed by atoms with E-state index in [4.69, 9.17) is 13.0 Å². The topological polar surface area (TPSA) is 0 Å². The van der Waals surface area contributed by atoms with E-state index in [0.717, 1.165) is 93.9 Å². The van der Waals surface area contributed by atoms with Crippen molar-refractivity contribution >= 4 is 63.6 Å². The fraction of sp³-hybridized carbons (Fsp3) is 0.103. The van der Waals surface area contributed by atoms with Crippen LogP contribution in [0.15, 0.2) is 318 Å². The maximum atomic E-state index is 6.58. The second-order valence-corrected chi connectivity index (χ2v) is 30.1. The van der Waals surface area contributed by atoms with Crippen LogP contribution in [0.5, 0.6) is 0 Å². The largest absolute Gasteiger partial charge is 1.00 e. The van der Waals surface area contributed by atoms with Gasteiger partial charge in [-0.05, 0) is 6.92 Å². The van der Waals surface area contributed by atoms with Crippen molar-refractivity contribution in [2.24, 2.45) is 0 Å². The molecule has 0 heterocycles. The van der Waals surface area contributed by atoms with Crippen molar-refractivity contribution in [3.63, 3.8) is 0 Å². The third-order valence-electron chi connectivity index (χ3n) is 16.8. The molecule has 456 valence electrons. The van der Waals surface area contributed by atoms with Crippen molar-refractivity contribution in [2.45, 2.75) is 59.8 Å². The van der Waals surface area contributed by atoms with Crippen LogP contribution in [0.2, 0.25) is 0 Å². The Kier molecular flexibility index (Phi) is 24.9. The molecule has 0 nitrogen and oxygen atoms in total. The van der Waals surface area contributed by atoms with Crippen LogP contribution in [-0.2, 0) is 35.9 Å². The van der Waals surface area contributed by atoms with E-state index in [-0.39, 0.29) is 31.4 Å². The zero-order valence-corrected chi connectivity index (χ0v) is 60.1. The van der Waals surface area contributed by atoms with E-state index >= 15 is 0 Å². The normalized spacial score (nSPS) is 14.8. The molecule has 0 radical (unpaired) electrons. The molecule has 0 aromatic heterocycles. The Bertz CT molecular complexity index is 4260. The molecule has 0 amide bonds. The average Bonchev–Trinajstić information content (AvgIpc) is 1.10. The van der Waals surface area contributed by atoms with Gasteiger partial charge in [0.25, 0.3) is 0 Å². The Balaban J connectivity index is 0.000000213. The van der Waals surface area contributed by atoms with Crippen molar-refractivity contribution in [3.05, 3.63) is 365 Å². The first-order valence-corrected chi connectivity index (χ1v) is 36.7. The maximum absolute atomic E-state index is 6.58. The number of allylic oxidation sites excluding steroid dienone is 12. The molecule has 5 heteroatoms. The van der Waals surface area contributed by atoms with E-state index < -0.39 is 14.5 Å². The van der Waals surface area contributed by atoms with Crippen molar-refractivity contribution in [1.29, 1.82) is 0 Å². The fourth-order valence-electron chi connectivity index (χ4n) is 12.4. The van der Waals surface area contributed by atoms with Gasteiger partial charge in [-0.25, -0.2) is 0 Å². The number of hydrogen-bond donors (Lipinski definition) is 0. The van der Waals surface area contributed by atoms with Crippen LogP contribution in [0.3, 0.4) is 0 Å². The Hall–Kier alpha value is -7.64. The van der Waals surface area contributed by atoms with Crippen LogP contribution in [0.4, 0.5) is 0 Å². The Morgan fingerprint density at radius 1 is 0.424 bits per heavy atom. The van der Waals surface area contributed by atoms with E-state index in [0.29, 0.717) is 0 Å². The van der Waals surface area contributed by atoms with Gasteiger partial charge in [-0.3, -0.25) is 0 Å². The maximum Gasteiger partial charge on any atom is -1.00 e. The number of rotatable bonds is 15. The molecular weight excluding hydrogens is 1610 g/mol. The Morgan fingerprint density at radius 2 is 0.728 bits per heavy atom. The van der Waals surface area contributed by atoms with Gasteiger partial charge in [0, 0.05) is 0 Å². The molecule has 0 aliphatic heterocycles. The molecule has 2 saturated carbocycles. The number of hydrogen-bond acceptors (Lipinski definition) is 0. The summed E-state index contributed by atoms with van der Waals surface area (Å²) < 4.78 is 7.65.